The van der Waals surface area contributed by atoms with Crippen molar-refractivity contribution < 1.29 is 0 Å². The third kappa shape index (κ3) is 2.33. The summed E-state index contributed by atoms with van der Waals surface area (Å²) in [7, 11) is 0. The Bertz CT molecular complexity index is 2570. The summed E-state index contributed by atoms with van der Waals surface area (Å²) >= 11 is 0. The molecule has 0 spiro atoms. The van der Waals surface area contributed by atoms with Crippen LogP contribution in [0.4, 0.5) is 0 Å². The summed E-state index contributed by atoms with van der Waals surface area (Å²) < 4.78 is 5.21. The van der Waals surface area contributed by atoms with Gasteiger partial charge in [-0.2, -0.15) is 0 Å². The molecule has 0 atom stereocenters. The van der Waals surface area contributed by atoms with Crippen molar-refractivity contribution in [2.24, 2.45) is 0 Å². The molecule has 0 N–H and O–H groups in total. The van der Waals surface area contributed by atoms with E-state index in [0.29, 0.717) is 0 Å². The molecule has 3 aromatic heterocycles. The van der Waals surface area contributed by atoms with Gasteiger partial charge in [-0.1, -0.05) is 113 Å². The molecule has 6 aromatic carbocycles. The van der Waals surface area contributed by atoms with E-state index in [2.05, 4.69) is 146 Å². The zero-order chi connectivity index (χ0) is 29.3. The quantitative estimate of drug-likeness (QED) is 0.163. The normalized spacial score (nSPS) is 16.1. The molecule has 208 valence electrons. The maximum atomic E-state index is 2.61. The third-order valence-corrected chi connectivity index (χ3v) is 11.3. The summed E-state index contributed by atoms with van der Waals surface area (Å²) in [6.07, 6.45) is 0. The monoisotopic (exact) mass is 562 g/mol. The van der Waals surface area contributed by atoms with E-state index in [1.54, 1.807) is 0 Å². The van der Waals surface area contributed by atoms with Gasteiger partial charge in [0.15, 0.2) is 0 Å². The van der Waals surface area contributed by atoms with Crippen LogP contribution in [0.1, 0.15) is 49.9 Å². The molecule has 11 rings (SSSR count). The van der Waals surface area contributed by atoms with Crippen molar-refractivity contribution >= 4 is 54.6 Å². The number of hydrogen-bond acceptors (Lipinski definition) is 0. The summed E-state index contributed by atoms with van der Waals surface area (Å²) in [4.78, 5) is 0. The summed E-state index contributed by atoms with van der Waals surface area (Å²) in [5.74, 6) is 0. The third-order valence-electron chi connectivity index (χ3n) is 11.3. The van der Waals surface area contributed by atoms with Crippen molar-refractivity contribution in [3.63, 3.8) is 0 Å². The molecule has 0 fully saturated rings. The Morgan fingerprint density at radius 3 is 1.25 bits per heavy atom. The molecule has 0 saturated carbocycles. The SMILES string of the molecule is CC1(C)c2ccccc2-c2cc3c4c(c21)c1ccccc1n4c1cc2c(c4c5ccccc5n3c41)C(C)(C)c1ccccc1-2. The number of fused-ring (bicyclic) bond motifs is 16. The molecule has 2 aliphatic carbocycles. The van der Waals surface area contributed by atoms with Gasteiger partial charge in [-0.05, 0) is 68.8 Å². The molecule has 0 amide bonds. The van der Waals surface area contributed by atoms with Crippen LogP contribution in [0.15, 0.2) is 109 Å². The highest BCUT2D eigenvalue weighted by Crippen LogP contribution is 2.57. The Labute approximate surface area is 255 Å². The predicted octanol–water partition coefficient (Wildman–Crippen LogP) is 10.9. The lowest BCUT2D eigenvalue weighted by Crippen LogP contribution is -2.16. The minimum Gasteiger partial charge on any atom is -0.305 e. The zero-order valence-electron chi connectivity index (χ0n) is 25.3. The van der Waals surface area contributed by atoms with Gasteiger partial charge < -0.3 is 8.80 Å². The Morgan fingerprint density at radius 2 is 0.795 bits per heavy atom. The van der Waals surface area contributed by atoms with Gasteiger partial charge >= 0.3 is 0 Å². The highest BCUT2D eigenvalue weighted by Gasteiger charge is 2.41. The van der Waals surface area contributed by atoms with Crippen LogP contribution in [0, 0.1) is 0 Å². The smallest absolute Gasteiger partial charge is 0.0786 e. The van der Waals surface area contributed by atoms with E-state index in [4.69, 9.17) is 0 Å². The first-order chi connectivity index (χ1) is 21.4. The molecule has 2 nitrogen and oxygen atoms in total. The van der Waals surface area contributed by atoms with Crippen molar-refractivity contribution in [2.45, 2.75) is 38.5 Å². The molecular formula is C42H30N2. The first-order valence-electron chi connectivity index (χ1n) is 15.8. The number of para-hydroxylation sites is 2. The van der Waals surface area contributed by atoms with Gasteiger partial charge in [0, 0.05) is 32.4 Å². The summed E-state index contributed by atoms with van der Waals surface area (Å²) in [6.45, 7) is 9.66. The van der Waals surface area contributed by atoms with E-state index in [-0.39, 0.29) is 10.8 Å². The Morgan fingerprint density at radius 1 is 0.409 bits per heavy atom. The van der Waals surface area contributed by atoms with Crippen LogP contribution in [-0.4, -0.2) is 8.80 Å². The summed E-state index contributed by atoms with van der Waals surface area (Å²) in [6, 6.07) is 41.3. The second kappa shape index (κ2) is 7.17. The number of aromatic nitrogens is 2. The zero-order valence-corrected chi connectivity index (χ0v) is 25.3. The molecule has 0 aliphatic heterocycles. The van der Waals surface area contributed by atoms with Crippen molar-refractivity contribution in [3.05, 3.63) is 131 Å². The van der Waals surface area contributed by atoms with Crippen molar-refractivity contribution in [1.82, 2.24) is 8.80 Å². The fourth-order valence-electron chi connectivity index (χ4n) is 9.65. The van der Waals surface area contributed by atoms with E-state index >= 15 is 0 Å². The van der Waals surface area contributed by atoms with Crippen LogP contribution in [0.2, 0.25) is 0 Å². The predicted molar refractivity (Wildman–Crippen MR) is 185 cm³/mol. The fraction of sp³-hybridized carbons (Fsp3) is 0.143. The molecule has 44 heavy (non-hydrogen) atoms. The van der Waals surface area contributed by atoms with E-state index in [1.165, 1.54) is 99.2 Å². The highest BCUT2D eigenvalue weighted by molar-refractivity contribution is 6.26. The van der Waals surface area contributed by atoms with Gasteiger partial charge in [0.2, 0.25) is 0 Å². The minimum atomic E-state index is -0.103. The van der Waals surface area contributed by atoms with Gasteiger partial charge in [-0.25, -0.2) is 0 Å². The molecule has 9 aromatic rings. The molecule has 0 radical (unpaired) electrons. The molecule has 3 heterocycles. The average molecular weight is 563 g/mol. The van der Waals surface area contributed by atoms with Crippen LogP contribution in [0.5, 0.6) is 0 Å². The lowest BCUT2D eigenvalue weighted by atomic mass is 9.80. The molecule has 2 aliphatic rings. The first-order valence-corrected chi connectivity index (χ1v) is 15.8. The van der Waals surface area contributed by atoms with Gasteiger partial charge in [0.05, 0.1) is 33.1 Å². The van der Waals surface area contributed by atoms with E-state index in [0.717, 1.165) is 0 Å². The largest absolute Gasteiger partial charge is 0.305 e. The molecular weight excluding hydrogens is 532 g/mol. The van der Waals surface area contributed by atoms with Crippen LogP contribution < -0.4 is 0 Å². The average Bonchev–Trinajstić information content (AvgIpc) is 3.70. The standard InChI is InChI=1S/C42H30N2/c1-41(2)29-17-9-5-13-23(29)27-21-33-39-35(37(27)41)25-15-7-11-19-31(25)43(39)34-22-28-24-14-6-10-18-30(24)42(3,4)38(28)36-26-16-8-12-20-32(26)44(33)40(34)36/h5-22H,1-4H3. The second-order valence-corrected chi connectivity index (χ2v) is 14.1. The maximum Gasteiger partial charge on any atom is 0.0786 e. The second-order valence-electron chi connectivity index (χ2n) is 14.1. The molecule has 0 bridgehead atoms. The molecule has 0 unspecified atom stereocenters. The fourth-order valence-corrected chi connectivity index (χ4v) is 9.65. The molecule has 2 heteroatoms. The number of benzene rings is 6. The van der Waals surface area contributed by atoms with Crippen LogP contribution in [0.25, 0.3) is 76.9 Å². The van der Waals surface area contributed by atoms with E-state index in [9.17, 15) is 0 Å². The van der Waals surface area contributed by atoms with Crippen LogP contribution >= 0.6 is 0 Å². The topological polar surface area (TPSA) is 8.82 Å². The van der Waals surface area contributed by atoms with Gasteiger partial charge in [-0.3, -0.25) is 0 Å². The maximum absolute atomic E-state index is 2.61. The van der Waals surface area contributed by atoms with Crippen molar-refractivity contribution in [1.29, 1.82) is 0 Å². The lowest BCUT2D eigenvalue weighted by molar-refractivity contribution is 0.666. The molecule has 0 saturated heterocycles. The first kappa shape index (κ1) is 23.4. The Hall–Kier alpha value is -5.08. The highest BCUT2D eigenvalue weighted by atomic mass is 15.0. The Balaban J connectivity index is 1.51. The number of nitrogens with zero attached hydrogens (tertiary/aromatic N) is 2. The summed E-state index contributed by atoms with van der Waals surface area (Å²) in [5, 5.41) is 5.47. The van der Waals surface area contributed by atoms with Crippen LogP contribution in [0.3, 0.4) is 0 Å². The number of hydrogen-bond donors (Lipinski definition) is 0. The van der Waals surface area contributed by atoms with E-state index < -0.39 is 0 Å². The van der Waals surface area contributed by atoms with Crippen molar-refractivity contribution in [2.75, 3.05) is 0 Å². The van der Waals surface area contributed by atoms with Gasteiger partial charge in [-0.15, -0.1) is 0 Å². The van der Waals surface area contributed by atoms with Gasteiger partial charge in [0.25, 0.3) is 0 Å². The van der Waals surface area contributed by atoms with Crippen LogP contribution in [-0.2, 0) is 10.8 Å². The minimum absolute atomic E-state index is 0.103. The lowest BCUT2D eigenvalue weighted by Gasteiger charge is -2.24. The Kier molecular flexibility index (Phi) is 3.81. The number of rotatable bonds is 0. The summed E-state index contributed by atoms with van der Waals surface area (Å²) in [5.41, 5.74) is 18.8. The van der Waals surface area contributed by atoms with Gasteiger partial charge in [0.1, 0.15) is 0 Å². The van der Waals surface area contributed by atoms with Crippen molar-refractivity contribution in [3.8, 4) is 22.3 Å². The van der Waals surface area contributed by atoms with E-state index in [1.807, 2.05) is 0 Å².